The molecule has 0 N–H and O–H groups in total. The van der Waals surface area contributed by atoms with E-state index in [1.807, 2.05) is 13.1 Å². The van der Waals surface area contributed by atoms with Crippen LogP contribution >= 0.6 is 11.9 Å². The maximum absolute atomic E-state index is 12.0. The van der Waals surface area contributed by atoms with Gasteiger partial charge in [-0.1, -0.05) is 25.1 Å². The van der Waals surface area contributed by atoms with Crippen LogP contribution in [0.2, 0.25) is 0 Å². The van der Waals surface area contributed by atoms with Crippen LogP contribution in [0.15, 0.2) is 35.2 Å². The second kappa shape index (κ2) is 4.70. The summed E-state index contributed by atoms with van der Waals surface area (Å²) >= 11 is 1.43. The molecule has 0 aliphatic carbocycles. The van der Waals surface area contributed by atoms with Gasteiger partial charge in [-0.05, 0) is 19.1 Å². The Balaban J connectivity index is 2.17. The van der Waals surface area contributed by atoms with E-state index in [-0.39, 0.29) is 4.90 Å². The highest BCUT2D eigenvalue weighted by Gasteiger charge is 2.27. The minimum atomic E-state index is -3.59. The van der Waals surface area contributed by atoms with E-state index < -0.39 is 10.0 Å². The minimum absolute atomic E-state index is 0.223. The molecule has 0 aromatic heterocycles. The predicted octanol–water partition coefficient (Wildman–Crippen LogP) is 2.43. The van der Waals surface area contributed by atoms with Crippen molar-refractivity contribution in [2.24, 2.45) is 5.92 Å². The highest BCUT2D eigenvalue weighted by atomic mass is 32.2. The standard InChI is InChI=1S/C11H14N2O2S2/c1-9-8-13(16-10(9)2)12-17(14,15)11-6-4-3-5-7-11/h3-10H,1-2H3. The first-order valence-corrected chi connectivity index (χ1v) is 7.61. The topological polar surface area (TPSA) is 51.2 Å². The highest BCUT2D eigenvalue weighted by molar-refractivity contribution is 7.97. The van der Waals surface area contributed by atoms with Crippen molar-refractivity contribution in [3.05, 3.63) is 35.2 Å². The summed E-state index contributed by atoms with van der Waals surface area (Å²) in [6.07, 6.45) is 1.83. The van der Waals surface area contributed by atoms with Crippen molar-refractivity contribution in [1.82, 2.24) is 0 Å². The Bertz CT molecular complexity index is 526. The van der Waals surface area contributed by atoms with Gasteiger partial charge in [0.05, 0.1) is 16.1 Å². The fourth-order valence-electron chi connectivity index (χ4n) is 1.42. The average Bonchev–Trinajstić information content (AvgIpc) is 2.58. The van der Waals surface area contributed by atoms with Gasteiger partial charge < -0.3 is 4.83 Å². The van der Waals surface area contributed by atoms with Gasteiger partial charge in [-0.25, -0.2) is 8.42 Å². The van der Waals surface area contributed by atoms with Crippen molar-refractivity contribution < 1.29 is 12.5 Å². The van der Waals surface area contributed by atoms with Gasteiger partial charge in [-0.15, -0.1) is 0 Å². The molecule has 1 aromatic rings. The summed E-state index contributed by atoms with van der Waals surface area (Å²) < 4.78 is 25.4. The van der Waals surface area contributed by atoms with E-state index in [0.717, 1.165) is 0 Å². The zero-order valence-electron chi connectivity index (χ0n) is 9.65. The number of nitrogens with zero attached hydrogens (tertiary/aromatic N) is 2. The maximum atomic E-state index is 12.0. The van der Waals surface area contributed by atoms with Crippen molar-refractivity contribution in [2.75, 3.05) is 0 Å². The second-order valence-corrected chi connectivity index (χ2v) is 6.90. The lowest BCUT2D eigenvalue weighted by Gasteiger charge is -2.14. The molecule has 0 saturated heterocycles. The van der Waals surface area contributed by atoms with Crippen LogP contribution in [0, 0.1) is 5.92 Å². The van der Waals surface area contributed by atoms with E-state index in [1.165, 1.54) is 16.0 Å². The number of sulfonamides is 1. The molecule has 6 heteroatoms. The van der Waals surface area contributed by atoms with Crippen LogP contribution in [0.25, 0.3) is 4.83 Å². The van der Waals surface area contributed by atoms with E-state index >= 15 is 0 Å². The molecule has 2 unspecified atom stereocenters. The monoisotopic (exact) mass is 270 g/mol. The SMILES string of the molecule is CC1C=[N+]([N-]S(=O)(=O)c2ccccc2)SC1C. The highest BCUT2D eigenvalue weighted by Crippen LogP contribution is 2.30. The quantitative estimate of drug-likeness (QED) is 0.626. The molecule has 1 aromatic carbocycles. The molecule has 1 aliphatic heterocycles. The van der Waals surface area contributed by atoms with Gasteiger partial charge in [0, 0.05) is 0 Å². The summed E-state index contributed by atoms with van der Waals surface area (Å²) in [5.41, 5.74) is 0. The molecule has 0 radical (unpaired) electrons. The lowest BCUT2D eigenvalue weighted by Crippen LogP contribution is -2.05. The van der Waals surface area contributed by atoms with Crippen LogP contribution in [0.4, 0.5) is 0 Å². The Hall–Kier alpha value is -1.01. The van der Waals surface area contributed by atoms with Gasteiger partial charge in [0.1, 0.15) is 0 Å². The summed E-state index contributed by atoms with van der Waals surface area (Å²) in [5.74, 6) is 0.328. The van der Waals surface area contributed by atoms with Crippen LogP contribution in [0.3, 0.4) is 0 Å². The van der Waals surface area contributed by atoms with Crippen molar-refractivity contribution in [3.8, 4) is 0 Å². The second-order valence-electron chi connectivity index (χ2n) is 3.99. The molecule has 2 rings (SSSR count). The van der Waals surface area contributed by atoms with Gasteiger partial charge in [0.2, 0.25) is 0 Å². The Morgan fingerprint density at radius 3 is 2.41 bits per heavy atom. The molecular weight excluding hydrogens is 256 g/mol. The van der Waals surface area contributed by atoms with Crippen LogP contribution in [0.5, 0.6) is 0 Å². The molecule has 0 amide bonds. The molecule has 92 valence electrons. The summed E-state index contributed by atoms with van der Waals surface area (Å²) in [7, 11) is -3.59. The number of hydrogen-bond acceptors (Lipinski definition) is 3. The molecule has 2 atom stereocenters. The summed E-state index contributed by atoms with van der Waals surface area (Å²) in [5, 5.41) is 0.352. The van der Waals surface area contributed by atoms with E-state index in [1.54, 1.807) is 30.3 Å². The van der Waals surface area contributed by atoms with E-state index in [9.17, 15) is 8.42 Å². The predicted molar refractivity (Wildman–Crippen MR) is 69.5 cm³/mol. The van der Waals surface area contributed by atoms with Crippen molar-refractivity contribution >= 4 is 28.2 Å². The number of benzene rings is 1. The molecule has 4 nitrogen and oxygen atoms in total. The largest absolute Gasteiger partial charge is 0.310 e. The van der Waals surface area contributed by atoms with Crippen molar-refractivity contribution in [1.29, 1.82) is 0 Å². The third-order valence-electron chi connectivity index (χ3n) is 2.61. The third-order valence-corrected chi connectivity index (χ3v) is 5.15. The van der Waals surface area contributed by atoms with Gasteiger partial charge in [-0.3, -0.25) is 0 Å². The smallest absolute Gasteiger partial charge is 0.168 e. The zero-order valence-corrected chi connectivity index (χ0v) is 11.3. The Morgan fingerprint density at radius 1 is 1.24 bits per heavy atom. The zero-order chi connectivity index (χ0) is 12.5. The number of hydrogen-bond donors (Lipinski definition) is 0. The Labute approximate surface area is 106 Å². The molecular formula is C11H14N2O2S2. The van der Waals surface area contributed by atoms with Crippen molar-refractivity contribution in [2.45, 2.75) is 24.0 Å². The van der Waals surface area contributed by atoms with Crippen LogP contribution < -0.4 is 0 Å². The normalized spacial score (nSPS) is 24.5. The molecule has 1 heterocycles. The Kier molecular flexibility index (Phi) is 3.44. The first kappa shape index (κ1) is 12.4. The molecule has 0 saturated carbocycles. The fraction of sp³-hybridized carbons (Fsp3) is 0.364. The van der Waals surface area contributed by atoms with Gasteiger partial charge >= 0.3 is 0 Å². The van der Waals surface area contributed by atoms with Crippen molar-refractivity contribution in [3.63, 3.8) is 0 Å². The lowest BCUT2D eigenvalue weighted by atomic mass is 10.1. The average molecular weight is 270 g/mol. The molecule has 0 bridgehead atoms. The van der Waals surface area contributed by atoms with E-state index in [4.69, 9.17) is 0 Å². The van der Waals surface area contributed by atoms with Gasteiger partial charge in [0.25, 0.3) is 0 Å². The van der Waals surface area contributed by atoms with Gasteiger partial charge in [-0.2, -0.15) is 4.09 Å². The Morgan fingerprint density at radius 2 is 1.88 bits per heavy atom. The van der Waals surface area contributed by atoms with Crippen LogP contribution in [0.1, 0.15) is 13.8 Å². The molecule has 0 fully saturated rings. The maximum Gasteiger partial charge on any atom is 0.168 e. The first-order valence-electron chi connectivity index (χ1n) is 5.33. The fourth-order valence-corrected chi connectivity index (χ4v) is 3.56. The van der Waals surface area contributed by atoms with Crippen LogP contribution in [-0.2, 0) is 10.0 Å². The van der Waals surface area contributed by atoms with Crippen LogP contribution in [-0.4, -0.2) is 24.0 Å². The minimum Gasteiger partial charge on any atom is -0.310 e. The molecule has 1 aliphatic rings. The number of rotatable bonds is 3. The molecule has 17 heavy (non-hydrogen) atoms. The lowest BCUT2D eigenvalue weighted by molar-refractivity contribution is -0.261. The van der Waals surface area contributed by atoms with Gasteiger partial charge in [0.15, 0.2) is 28.2 Å². The van der Waals surface area contributed by atoms with E-state index in [0.29, 0.717) is 11.2 Å². The third kappa shape index (κ3) is 2.81. The van der Waals surface area contributed by atoms with E-state index in [2.05, 4.69) is 11.8 Å². The summed E-state index contributed by atoms with van der Waals surface area (Å²) in [6, 6.07) is 8.25. The summed E-state index contributed by atoms with van der Waals surface area (Å²) in [4.78, 5) is 4.02. The first-order chi connectivity index (χ1) is 7.99. The molecule has 0 spiro atoms. The summed E-state index contributed by atoms with van der Waals surface area (Å²) in [6.45, 7) is 4.10.